The molecule has 0 saturated heterocycles. The van der Waals surface area contributed by atoms with Gasteiger partial charge in [0.2, 0.25) is 5.91 Å². The Morgan fingerprint density at radius 3 is 2.25 bits per heavy atom. The Bertz CT molecular complexity index is 978. The normalized spacial score (nSPS) is 19.4. The monoisotopic (exact) mass is 438 g/mol. The molecular formula is C24H26N2O6. The molecule has 2 amide bonds. The third-order valence-electron chi connectivity index (χ3n) is 6.06. The van der Waals surface area contributed by atoms with Gasteiger partial charge in [-0.15, -0.1) is 0 Å². The van der Waals surface area contributed by atoms with Gasteiger partial charge in [0.1, 0.15) is 12.6 Å². The van der Waals surface area contributed by atoms with Crippen LogP contribution in [0.4, 0.5) is 4.79 Å². The Labute approximate surface area is 185 Å². The van der Waals surface area contributed by atoms with Crippen molar-refractivity contribution in [3.05, 3.63) is 59.7 Å². The van der Waals surface area contributed by atoms with Crippen LogP contribution in [0.2, 0.25) is 0 Å². The van der Waals surface area contributed by atoms with Gasteiger partial charge in [-0.1, -0.05) is 48.5 Å². The summed E-state index contributed by atoms with van der Waals surface area (Å²) in [6.45, 7) is 0.370. The van der Waals surface area contributed by atoms with Crippen LogP contribution < -0.4 is 10.6 Å². The van der Waals surface area contributed by atoms with Gasteiger partial charge >= 0.3 is 12.1 Å². The summed E-state index contributed by atoms with van der Waals surface area (Å²) in [6.07, 6.45) is -0.163. The summed E-state index contributed by atoms with van der Waals surface area (Å²) in [5.41, 5.74) is 4.47. The average molecular weight is 438 g/mol. The molecule has 1 fully saturated rings. The number of carbonyl (C=O) groups excluding carboxylic acids is 2. The van der Waals surface area contributed by atoms with Crippen LogP contribution in [0.3, 0.4) is 0 Å². The molecular weight excluding hydrogens is 412 g/mol. The van der Waals surface area contributed by atoms with Crippen molar-refractivity contribution < 1.29 is 29.0 Å². The quantitative estimate of drug-likeness (QED) is 0.554. The molecule has 1 saturated carbocycles. The molecule has 0 radical (unpaired) electrons. The van der Waals surface area contributed by atoms with Gasteiger partial charge in [-0.2, -0.15) is 0 Å². The van der Waals surface area contributed by atoms with Gasteiger partial charge in [0.15, 0.2) is 0 Å². The molecule has 2 aliphatic carbocycles. The van der Waals surface area contributed by atoms with Gasteiger partial charge in [-0.05, 0) is 34.6 Å². The minimum atomic E-state index is -0.933. The van der Waals surface area contributed by atoms with Crippen LogP contribution in [0.15, 0.2) is 48.5 Å². The number of carbonyl (C=O) groups is 3. The summed E-state index contributed by atoms with van der Waals surface area (Å²) in [6, 6.07) is 15.1. The number of nitrogens with one attached hydrogen (secondary N) is 2. The molecule has 2 aromatic carbocycles. The molecule has 0 bridgehead atoms. The summed E-state index contributed by atoms with van der Waals surface area (Å²) in [4.78, 5) is 35.8. The number of carboxylic acid groups (broad SMARTS) is 1. The van der Waals surface area contributed by atoms with E-state index in [4.69, 9.17) is 14.6 Å². The van der Waals surface area contributed by atoms with Crippen molar-refractivity contribution >= 4 is 18.0 Å². The lowest BCUT2D eigenvalue weighted by Crippen LogP contribution is -2.50. The van der Waals surface area contributed by atoms with Crippen molar-refractivity contribution in [3.8, 4) is 11.1 Å². The van der Waals surface area contributed by atoms with Crippen LogP contribution in [0, 0.1) is 11.8 Å². The van der Waals surface area contributed by atoms with Gasteiger partial charge in [0.25, 0.3) is 0 Å². The average Bonchev–Trinajstić information content (AvgIpc) is 3.51. The van der Waals surface area contributed by atoms with Crippen LogP contribution in [-0.2, 0) is 19.1 Å². The number of aliphatic carboxylic acids is 1. The smallest absolute Gasteiger partial charge is 0.407 e. The molecule has 3 atom stereocenters. The van der Waals surface area contributed by atoms with Gasteiger partial charge in [-0.3, -0.25) is 9.59 Å². The first-order chi connectivity index (χ1) is 15.5. The fraction of sp³-hybridized carbons (Fsp3) is 0.375. The van der Waals surface area contributed by atoms with E-state index in [1.165, 1.54) is 7.11 Å². The Morgan fingerprint density at radius 1 is 1.06 bits per heavy atom. The van der Waals surface area contributed by atoms with E-state index in [1.54, 1.807) is 0 Å². The molecule has 8 heteroatoms. The zero-order valence-corrected chi connectivity index (χ0v) is 17.7. The van der Waals surface area contributed by atoms with E-state index in [1.807, 2.05) is 36.4 Å². The Morgan fingerprint density at radius 2 is 1.69 bits per heavy atom. The first kappa shape index (κ1) is 21.8. The zero-order chi connectivity index (χ0) is 22.7. The van der Waals surface area contributed by atoms with Crippen molar-refractivity contribution in [2.45, 2.75) is 18.4 Å². The van der Waals surface area contributed by atoms with E-state index >= 15 is 0 Å². The molecule has 0 unspecified atom stereocenters. The minimum absolute atomic E-state index is 0.0247. The maximum absolute atomic E-state index is 12.5. The number of hydrogen-bond donors (Lipinski definition) is 3. The maximum atomic E-state index is 12.5. The SMILES string of the molecule is COC[C@H](NC(=O)OCC1c2ccccc2-c2ccccc21)C(=O)NC[C@@H]1C[C@@H]1C(=O)O. The molecule has 2 aliphatic rings. The predicted octanol–water partition coefficient (Wildman–Crippen LogP) is 2.38. The maximum Gasteiger partial charge on any atom is 0.407 e. The molecule has 0 aliphatic heterocycles. The van der Waals surface area contributed by atoms with Crippen LogP contribution >= 0.6 is 0 Å². The number of amides is 2. The third-order valence-corrected chi connectivity index (χ3v) is 6.06. The second kappa shape index (κ2) is 9.40. The highest BCUT2D eigenvalue weighted by Crippen LogP contribution is 2.44. The summed E-state index contributed by atoms with van der Waals surface area (Å²) >= 11 is 0. The lowest BCUT2D eigenvalue weighted by molar-refractivity contribution is -0.139. The van der Waals surface area contributed by atoms with E-state index in [0.717, 1.165) is 22.3 Å². The second-order valence-electron chi connectivity index (χ2n) is 8.16. The lowest BCUT2D eigenvalue weighted by atomic mass is 9.98. The van der Waals surface area contributed by atoms with E-state index in [0.29, 0.717) is 6.42 Å². The second-order valence-corrected chi connectivity index (χ2v) is 8.16. The molecule has 0 aromatic heterocycles. The number of ether oxygens (including phenoxy) is 2. The van der Waals surface area contributed by atoms with Crippen molar-refractivity contribution in [1.82, 2.24) is 10.6 Å². The summed E-state index contributed by atoms with van der Waals surface area (Å²) < 4.78 is 10.5. The lowest BCUT2D eigenvalue weighted by Gasteiger charge is -2.19. The molecule has 0 heterocycles. The number of alkyl carbamates (subject to hydrolysis) is 1. The Kier molecular flexibility index (Phi) is 6.41. The number of methoxy groups -OCH3 is 1. The van der Waals surface area contributed by atoms with E-state index in [-0.39, 0.29) is 31.6 Å². The predicted molar refractivity (Wildman–Crippen MR) is 116 cm³/mol. The van der Waals surface area contributed by atoms with E-state index in [9.17, 15) is 14.4 Å². The molecule has 3 N–H and O–H groups in total. The van der Waals surface area contributed by atoms with E-state index in [2.05, 4.69) is 22.8 Å². The summed E-state index contributed by atoms with van der Waals surface area (Å²) in [5, 5.41) is 14.2. The number of hydrogen-bond acceptors (Lipinski definition) is 5. The van der Waals surface area contributed by atoms with Crippen molar-refractivity contribution in [3.63, 3.8) is 0 Å². The molecule has 4 rings (SSSR count). The standard InChI is InChI=1S/C24H26N2O6/c1-31-13-21(22(27)25-11-14-10-19(14)23(28)29)26-24(30)32-12-20-17-8-4-2-6-15(17)16-7-3-5-9-18(16)20/h2-9,14,19-21H,10-13H2,1H3,(H,25,27)(H,26,30)(H,28,29)/t14-,19-,21-/m0/s1. The van der Waals surface area contributed by atoms with Gasteiger partial charge in [0.05, 0.1) is 12.5 Å². The largest absolute Gasteiger partial charge is 0.481 e. The van der Waals surface area contributed by atoms with Crippen LogP contribution in [0.25, 0.3) is 11.1 Å². The topological polar surface area (TPSA) is 114 Å². The van der Waals surface area contributed by atoms with Crippen LogP contribution in [0.5, 0.6) is 0 Å². The van der Waals surface area contributed by atoms with Crippen molar-refractivity contribution in [2.75, 3.05) is 26.9 Å². The minimum Gasteiger partial charge on any atom is -0.481 e. The number of rotatable bonds is 9. The van der Waals surface area contributed by atoms with Gasteiger partial charge in [0, 0.05) is 19.6 Å². The summed E-state index contributed by atoms with van der Waals surface area (Å²) in [5.74, 6) is -1.85. The van der Waals surface area contributed by atoms with Crippen molar-refractivity contribution in [1.29, 1.82) is 0 Å². The summed E-state index contributed by atoms with van der Waals surface area (Å²) in [7, 11) is 1.43. The number of fused-ring (bicyclic) bond motifs is 3. The molecule has 0 spiro atoms. The third kappa shape index (κ3) is 4.60. The first-order valence-corrected chi connectivity index (χ1v) is 10.6. The fourth-order valence-corrected chi connectivity index (χ4v) is 4.26. The van der Waals surface area contributed by atoms with Crippen LogP contribution in [0.1, 0.15) is 23.5 Å². The first-order valence-electron chi connectivity index (χ1n) is 10.6. The van der Waals surface area contributed by atoms with Crippen LogP contribution in [-0.4, -0.2) is 56.0 Å². The highest BCUT2D eigenvalue weighted by Gasteiger charge is 2.43. The number of carboxylic acids is 1. The molecule has 8 nitrogen and oxygen atoms in total. The zero-order valence-electron chi connectivity index (χ0n) is 17.7. The molecule has 2 aromatic rings. The Balaban J connectivity index is 1.33. The Hall–Kier alpha value is -3.39. The highest BCUT2D eigenvalue weighted by molar-refractivity contribution is 5.86. The van der Waals surface area contributed by atoms with Crippen molar-refractivity contribution in [2.24, 2.45) is 11.8 Å². The number of benzene rings is 2. The molecule has 32 heavy (non-hydrogen) atoms. The van der Waals surface area contributed by atoms with E-state index < -0.39 is 29.9 Å². The molecule has 168 valence electrons. The van der Waals surface area contributed by atoms with Gasteiger partial charge < -0.3 is 25.2 Å². The highest BCUT2D eigenvalue weighted by atomic mass is 16.5. The van der Waals surface area contributed by atoms with Gasteiger partial charge in [-0.25, -0.2) is 4.79 Å². The fourth-order valence-electron chi connectivity index (χ4n) is 4.26.